The summed E-state index contributed by atoms with van der Waals surface area (Å²) in [5.41, 5.74) is 0.175. The highest BCUT2D eigenvalue weighted by Crippen LogP contribution is 2.25. The van der Waals surface area contributed by atoms with Crippen molar-refractivity contribution in [2.75, 3.05) is 6.61 Å². The molecule has 0 spiro atoms. The molecular weight excluding hydrogens is 334 g/mol. The SMILES string of the molecule is CCOC(=O)c1cccc(S(=O)(=O)NC2CCC(C(=O)O)CC2)c1. The number of aliphatic carboxylic acids is 1. The number of carboxylic acids is 1. The van der Waals surface area contributed by atoms with Gasteiger partial charge in [-0.1, -0.05) is 6.07 Å². The average molecular weight is 355 g/mol. The van der Waals surface area contributed by atoms with E-state index in [1.54, 1.807) is 6.92 Å². The van der Waals surface area contributed by atoms with Crippen LogP contribution in [0.3, 0.4) is 0 Å². The van der Waals surface area contributed by atoms with Gasteiger partial charge in [-0.15, -0.1) is 0 Å². The molecule has 132 valence electrons. The molecule has 0 unspecified atom stereocenters. The lowest BCUT2D eigenvalue weighted by atomic mass is 9.87. The van der Waals surface area contributed by atoms with Gasteiger partial charge >= 0.3 is 11.9 Å². The molecule has 0 bridgehead atoms. The van der Waals surface area contributed by atoms with Gasteiger partial charge in [-0.3, -0.25) is 4.79 Å². The zero-order valence-electron chi connectivity index (χ0n) is 13.4. The standard InChI is InChI=1S/C16H21NO6S/c1-2-23-16(20)12-4-3-5-14(10-12)24(21,22)17-13-8-6-11(7-9-13)15(18)19/h3-5,10-11,13,17H,2,6-9H2,1H3,(H,18,19). The van der Waals surface area contributed by atoms with Crippen LogP contribution in [0.15, 0.2) is 29.2 Å². The largest absolute Gasteiger partial charge is 0.481 e. The molecule has 8 heteroatoms. The van der Waals surface area contributed by atoms with Gasteiger partial charge in [0.15, 0.2) is 0 Å². The maximum atomic E-state index is 12.5. The van der Waals surface area contributed by atoms with E-state index in [4.69, 9.17) is 9.84 Å². The van der Waals surface area contributed by atoms with Crippen molar-refractivity contribution < 1.29 is 27.9 Å². The first kappa shape index (κ1) is 18.4. The van der Waals surface area contributed by atoms with E-state index < -0.39 is 27.9 Å². The van der Waals surface area contributed by atoms with E-state index in [2.05, 4.69) is 4.72 Å². The Labute approximate surface area is 141 Å². The van der Waals surface area contributed by atoms with Crippen LogP contribution in [0.25, 0.3) is 0 Å². The smallest absolute Gasteiger partial charge is 0.338 e. The molecule has 1 aliphatic rings. The Kier molecular flexibility index (Phi) is 5.95. The molecule has 0 aromatic heterocycles. The first-order valence-corrected chi connectivity index (χ1v) is 9.34. The molecule has 0 amide bonds. The predicted octanol–water partition coefficient (Wildman–Crippen LogP) is 1.78. The van der Waals surface area contributed by atoms with Gasteiger partial charge in [-0.25, -0.2) is 17.9 Å². The fourth-order valence-corrected chi connectivity index (χ4v) is 4.10. The molecule has 2 rings (SSSR count). The third-order valence-electron chi connectivity index (χ3n) is 4.05. The van der Waals surface area contributed by atoms with Crippen molar-refractivity contribution in [2.45, 2.75) is 43.5 Å². The molecule has 24 heavy (non-hydrogen) atoms. The second-order valence-electron chi connectivity index (χ2n) is 5.76. The maximum Gasteiger partial charge on any atom is 0.338 e. The van der Waals surface area contributed by atoms with Gasteiger partial charge in [-0.2, -0.15) is 0 Å². The van der Waals surface area contributed by atoms with E-state index in [1.165, 1.54) is 24.3 Å². The van der Waals surface area contributed by atoms with E-state index in [0.717, 1.165) is 0 Å². The second kappa shape index (κ2) is 7.76. The fourth-order valence-electron chi connectivity index (χ4n) is 2.75. The van der Waals surface area contributed by atoms with Gasteiger partial charge in [0, 0.05) is 6.04 Å². The van der Waals surface area contributed by atoms with Crippen molar-refractivity contribution in [1.29, 1.82) is 0 Å². The van der Waals surface area contributed by atoms with E-state index >= 15 is 0 Å². The molecule has 0 radical (unpaired) electrons. The summed E-state index contributed by atoms with van der Waals surface area (Å²) < 4.78 is 32.4. The monoisotopic (exact) mass is 355 g/mol. The third-order valence-corrected chi connectivity index (χ3v) is 5.57. The minimum Gasteiger partial charge on any atom is -0.481 e. The van der Waals surface area contributed by atoms with Gasteiger partial charge in [0.2, 0.25) is 10.0 Å². The second-order valence-corrected chi connectivity index (χ2v) is 7.47. The van der Waals surface area contributed by atoms with E-state index in [1.807, 2.05) is 0 Å². The van der Waals surface area contributed by atoms with Crippen LogP contribution in [-0.2, 0) is 19.6 Å². The number of benzene rings is 1. The molecule has 1 aliphatic carbocycles. The van der Waals surface area contributed by atoms with Crippen molar-refractivity contribution >= 4 is 22.0 Å². The molecule has 1 fully saturated rings. The van der Waals surface area contributed by atoms with E-state index in [-0.39, 0.29) is 23.1 Å². The van der Waals surface area contributed by atoms with Crippen LogP contribution in [0.4, 0.5) is 0 Å². The number of carbonyl (C=O) groups is 2. The molecule has 1 aromatic carbocycles. The van der Waals surface area contributed by atoms with Gasteiger partial charge in [-0.05, 0) is 50.8 Å². The van der Waals surface area contributed by atoms with Crippen LogP contribution in [0, 0.1) is 5.92 Å². The van der Waals surface area contributed by atoms with Crippen LogP contribution in [0.2, 0.25) is 0 Å². The number of nitrogens with one attached hydrogen (secondary N) is 1. The normalized spacial score (nSPS) is 21.2. The Balaban J connectivity index is 2.07. The molecule has 0 heterocycles. The van der Waals surface area contributed by atoms with Crippen LogP contribution in [0.5, 0.6) is 0 Å². The average Bonchev–Trinajstić information content (AvgIpc) is 2.55. The summed E-state index contributed by atoms with van der Waals surface area (Å²) in [5, 5.41) is 8.98. The molecule has 0 aliphatic heterocycles. The third kappa shape index (κ3) is 4.55. The van der Waals surface area contributed by atoms with Gasteiger partial charge in [0.05, 0.1) is 23.0 Å². The van der Waals surface area contributed by atoms with Crippen molar-refractivity contribution in [3.05, 3.63) is 29.8 Å². The van der Waals surface area contributed by atoms with Gasteiger partial charge in [0.25, 0.3) is 0 Å². The number of hydrogen-bond acceptors (Lipinski definition) is 5. The topological polar surface area (TPSA) is 110 Å². The first-order valence-electron chi connectivity index (χ1n) is 7.86. The summed E-state index contributed by atoms with van der Waals surface area (Å²) in [6.45, 7) is 1.88. The summed E-state index contributed by atoms with van der Waals surface area (Å²) >= 11 is 0. The highest BCUT2D eigenvalue weighted by molar-refractivity contribution is 7.89. The highest BCUT2D eigenvalue weighted by Gasteiger charge is 2.29. The number of rotatable bonds is 6. The Bertz CT molecular complexity index is 707. The molecule has 0 saturated heterocycles. The zero-order valence-corrected chi connectivity index (χ0v) is 14.2. The molecule has 1 aromatic rings. The quantitative estimate of drug-likeness (QED) is 0.753. The Morgan fingerprint density at radius 2 is 1.92 bits per heavy atom. The van der Waals surface area contributed by atoms with Crippen molar-refractivity contribution in [2.24, 2.45) is 5.92 Å². The summed E-state index contributed by atoms with van der Waals surface area (Å²) in [7, 11) is -3.77. The lowest BCUT2D eigenvalue weighted by molar-refractivity contribution is -0.142. The number of hydrogen-bond donors (Lipinski definition) is 2. The molecule has 2 N–H and O–H groups in total. The number of carboxylic acid groups (broad SMARTS) is 1. The minimum absolute atomic E-state index is 0.00610. The van der Waals surface area contributed by atoms with E-state index in [9.17, 15) is 18.0 Å². The van der Waals surface area contributed by atoms with E-state index in [0.29, 0.717) is 25.7 Å². The Morgan fingerprint density at radius 3 is 2.50 bits per heavy atom. The number of ether oxygens (including phenoxy) is 1. The van der Waals surface area contributed by atoms with Crippen molar-refractivity contribution in [3.8, 4) is 0 Å². The zero-order chi connectivity index (χ0) is 17.7. The van der Waals surface area contributed by atoms with Crippen LogP contribution < -0.4 is 4.72 Å². The molecule has 7 nitrogen and oxygen atoms in total. The number of sulfonamides is 1. The fraction of sp³-hybridized carbons (Fsp3) is 0.500. The predicted molar refractivity (Wildman–Crippen MR) is 86.1 cm³/mol. The Morgan fingerprint density at radius 1 is 1.25 bits per heavy atom. The van der Waals surface area contributed by atoms with Crippen molar-refractivity contribution in [1.82, 2.24) is 4.72 Å². The van der Waals surface area contributed by atoms with Crippen LogP contribution in [0.1, 0.15) is 43.0 Å². The molecule has 0 atom stereocenters. The number of carbonyl (C=O) groups excluding carboxylic acids is 1. The van der Waals surface area contributed by atoms with Gasteiger partial charge < -0.3 is 9.84 Å². The summed E-state index contributed by atoms with van der Waals surface area (Å²) in [6, 6.07) is 5.38. The Hall–Kier alpha value is -1.93. The van der Waals surface area contributed by atoms with Crippen molar-refractivity contribution in [3.63, 3.8) is 0 Å². The lowest BCUT2D eigenvalue weighted by Gasteiger charge is -2.26. The van der Waals surface area contributed by atoms with Crippen LogP contribution in [-0.4, -0.2) is 38.1 Å². The summed E-state index contributed by atoms with van der Waals surface area (Å²) in [4.78, 5) is 22.7. The maximum absolute atomic E-state index is 12.5. The minimum atomic E-state index is -3.77. The first-order chi connectivity index (χ1) is 11.3. The number of esters is 1. The van der Waals surface area contributed by atoms with Crippen LogP contribution >= 0.6 is 0 Å². The summed E-state index contributed by atoms with van der Waals surface area (Å²) in [5.74, 6) is -1.81. The lowest BCUT2D eigenvalue weighted by Crippen LogP contribution is -2.38. The summed E-state index contributed by atoms with van der Waals surface area (Å²) in [6.07, 6.45) is 1.86. The molecule has 1 saturated carbocycles. The molecular formula is C16H21NO6S. The van der Waals surface area contributed by atoms with Gasteiger partial charge in [0.1, 0.15) is 0 Å². The highest BCUT2D eigenvalue weighted by atomic mass is 32.2.